The van der Waals surface area contributed by atoms with Gasteiger partial charge in [-0.05, 0) is 37.8 Å². The second-order valence-corrected chi connectivity index (χ2v) is 10.2. The van der Waals surface area contributed by atoms with Gasteiger partial charge in [0.2, 0.25) is 0 Å². The summed E-state index contributed by atoms with van der Waals surface area (Å²) >= 11 is 0. The summed E-state index contributed by atoms with van der Waals surface area (Å²) in [5.41, 5.74) is 6.67. The van der Waals surface area contributed by atoms with Gasteiger partial charge in [0.25, 0.3) is 5.91 Å². The Labute approximate surface area is 230 Å². The van der Waals surface area contributed by atoms with Gasteiger partial charge in [0.1, 0.15) is 17.6 Å². The molecule has 10 heteroatoms. The molecular weight excluding hydrogens is 504 g/mol. The van der Waals surface area contributed by atoms with E-state index < -0.39 is 36.4 Å². The number of carbonyl (C=O) groups is 2. The zero-order valence-electron chi connectivity index (χ0n) is 23.7. The Bertz CT molecular complexity index is 1110. The van der Waals surface area contributed by atoms with E-state index in [-0.39, 0.29) is 40.5 Å². The number of aromatic hydroxyl groups is 2. The Hall–Kier alpha value is -3.34. The average Bonchev–Trinajstić information content (AvgIpc) is 2.87. The quantitative estimate of drug-likeness (QED) is 0.213. The molecule has 39 heavy (non-hydrogen) atoms. The molecule has 0 aromatic heterocycles. The lowest BCUT2D eigenvalue weighted by atomic mass is 9.86. The van der Waals surface area contributed by atoms with Crippen molar-refractivity contribution in [2.75, 3.05) is 19.5 Å². The monoisotopic (exact) mass is 546 g/mol. The summed E-state index contributed by atoms with van der Waals surface area (Å²) in [6.45, 7) is 8.94. The predicted molar refractivity (Wildman–Crippen MR) is 148 cm³/mol. The number of nitrogens with two attached hydrogens (primary N) is 1. The molecule has 1 aliphatic rings. The second-order valence-electron chi connectivity index (χ2n) is 10.2. The van der Waals surface area contributed by atoms with Crippen molar-refractivity contribution in [1.82, 2.24) is 0 Å². The number of hydrogen-bond donors (Lipinski definition) is 5. The Morgan fingerprint density at radius 2 is 1.72 bits per heavy atom. The number of allylic oxidation sites excluding steroid dienone is 2. The van der Waals surface area contributed by atoms with Crippen molar-refractivity contribution in [3.8, 4) is 11.5 Å². The Morgan fingerprint density at radius 3 is 2.31 bits per heavy atom. The minimum Gasteiger partial charge on any atom is -0.508 e. The fourth-order valence-corrected chi connectivity index (χ4v) is 4.94. The first-order valence-corrected chi connectivity index (χ1v) is 12.9. The van der Waals surface area contributed by atoms with Crippen LogP contribution in [-0.2, 0) is 19.0 Å². The average molecular weight is 547 g/mol. The van der Waals surface area contributed by atoms with Gasteiger partial charge in [0.05, 0.1) is 24.0 Å². The number of nitrogens with one attached hydrogen (secondary N) is 1. The van der Waals surface area contributed by atoms with Gasteiger partial charge in [-0.25, -0.2) is 4.79 Å². The van der Waals surface area contributed by atoms with Crippen molar-refractivity contribution in [2.45, 2.75) is 65.5 Å². The van der Waals surface area contributed by atoms with Crippen LogP contribution in [0.15, 0.2) is 47.6 Å². The number of phenolic OH excluding ortho intramolecular Hbond substituents is 2. The van der Waals surface area contributed by atoms with E-state index in [2.05, 4.69) is 5.32 Å². The Morgan fingerprint density at radius 1 is 1.05 bits per heavy atom. The van der Waals surface area contributed by atoms with Crippen LogP contribution in [0.1, 0.15) is 52.7 Å². The SMILES string of the molecule is COC1CC(C)C(OC)c2cc(O)cc(c2O)NC(=O)C(C)=CC=CC(C)C(OC(N)=O)C(C)=CC(C)C1O. The summed E-state index contributed by atoms with van der Waals surface area (Å²) < 4.78 is 16.7. The van der Waals surface area contributed by atoms with Gasteiger partial charge < -0.3 is 40.6 Å². The molecule has 1 heterocycles. The van der Waals surface area contributed by atoms with Crippen LogP contribution in [0.2, 0.25) is 0 Å². The summed E-state index contributed by atoms with van der Waals surface area (Å²) in [4.78, 5) is 24.5. The maximum Gasteiger partial charge on any atom is 0.405 e. The number of aliphatic hydroxyl groups excluding tert-OH is 1. The molecule has 0 radical (unpaired) electrons. The van der Waals surface area contributed by atoms with Crippen LogP contribution in [0.3, 0.4) is 0 Å². The van der Waals surface area contributed by atoms with Crippen LogP contribution < -0.4 is 11.1 Å². The van der Waals surface area contributed by atoms with E-state index in [1.807, 2.05) is 26.8 Å². The predicted octanol–water partition coefficient (Wildman–Crippen LogP) is 4.32. The third kappa shape index (κ3) is 8.32. The van der Waals surface area contributed by atoms with Gasteiger partial charge in [0.15, 0.2) is 0 Å². The maximum atomic E-state index is 12.9. The molecule has 7 atom stereocenters. The van der Waals surface area contributed by atoms with Gasteiger partial charge in [-0.15, -0.1) is 0 Å². The molecule has 10 nitrogen and oxygen atoms in total. The normalized spacial score (nSPS) is 29.2. The van der Waals surface area contributed by atoms with Crippen LogP contribution in [0.4, 0.5) is 10.5 Å². The van der Waals surface area contributed by atoms with Crippen molar-refractivity contribution >= 4 is 17.7 Å². The lowest BCUT2D eigenvalue weighted by molar-refractivity contribution is -0.112. The van der Waals surface area contributed by atoms with Crippen LogP contribution in [0, 0.1) is 17.8 Å². The molecule has 1 aromatic rings. The maximum absolute atomic E-state index is 12.9. The highest BCUT2D eigenvalue weighted by molar-refractivity contribution is 6.04. The van der Waals surface area contributed by atoms with E-state index in [1.165, 1.54) is 26.4 Å². The van der Waals surface area contributed by atoms with Crippen LogP contribution in [0.25, 0.3) is 0 Å². The molecule has 2 rings (SSSR count). The van der Waals surface area contributed by atoms with Gasteiger partial charge in [-0.3, -0.25) is 4.79 Å². The smallest absolute Gasteiger partial charge is 0.405 e. The molecule has 0 fully saturated rings. The number of phenols is 2. The molecule has 7 unspecified atom stereocenters. The molecule has 1 aliphatic heterocycles. The zero-order valence-corrected chi connectivity index (χ0v) is 23.7. The molecule has 2 amide bonds. The first-order valence-electron chi connectivity index (χ1n) is 12.9. The first-order chi connectivity index (χ1) is 18.3. The van der Waals surface area contributed by atoms with E-state index >= 15 is 0 Å². The number of anilines is 1. The molecule has 6 N–H and O–H groups in total. The summed E-state index contributed by atoms with van der Waals surface area (Å²) in [6.07, 6.45) is 3.31. The number of benzene rings is 1. The highest BCUT2D eigenvalue weighted by Crippen LogP contribution is 2.41. The number of hydrogen-bond acceptors (Lipinski definition) is 8. The summed E-state index contributed by atoms with van der Waals surface area (Å²) in [5.74, 6) is -1.87. The number of aliphatic hydroxyl groups is 1. The van der Waals surface area contributed by atoms with E-state index in [4.69, 9.17) is 19.9 Å². The van der Waals surface area contributed by atoms with Crippen molar-refractivity contribution < 1.29 is 39.1 Å². The molecular formula is C29H42N2O8. The minimum atomic E-state index is -0.926. The zero-order chi connectivity index (χ0) is 29.4. The summed E-state index contributed by atoms with van der Waals surface area (Å²) in [7, 11) is 2.98. The van der Waals surface area contributed by atoms with E-state index in [0.29, 0.717) is 17.6 Å². The van der Waals surface area contributed by atoms with Gasteiger partial charge in [0, 0.05) is 43.3 Å². The lowest BCUT2D eigenvalue weighted by Crippen LogP contribution is -2.36. The van der Waals surface area contributed by atoms with Crippen molar-refractivity contribution in [1.29, 1.82) is 0 Å². The molecule has 1 aromatic carbocycles. The van der Waals surface area contributed by atoms with E-state index in [9.17, 15) is 24.9 Å². The lowest BCUT2D eigenvalue weighted by Gasteiger charge is -2.31. The highest BCUT2D eigenvalue weighted by atomic mass is 16.6. The minimum absolute atomic E-state index is 0.0268. The number of fused-ring (bicyclic) bond motifs is 2. The van der Waals surface area contributed by atoms with Crippen molar-refractivity contribution in [3.63, 3.8) is 0 Å². The fourth-order valence-electron chi connectivity index (χ4n) is 4.94. The molecule has 0 spiro atoms. The van der Waals surface area contributed by atoms with Gasteiger partial charge >= 0.3 is 6.09 Å². The molecule has 0 saturated heterocycles. The number of rotatable bonds is 3. The second kappa shape index (κ2) is 14.2. The number of methoxy groups -OCH3 is 2. The Balaban J connectivity index is 2.64. The number of primary amides is 1. The summed E-state index contributed by atoms with van der Waals surface area (Å²) in [5, 5.41) is 35.2. The van der Waals surface area contributed by atoms with Crippen molar-refractivity contribution in [2.24, 2.45) is 23.5 Å². The van der Waals surface area contributed by atoms with Crippen LogP contribution in [0.5, 0.6) is 11.5 Å². The highest BCUT2D eigenvalue weighted by Gasteiger charge is 2.32. The fraction of sp³-hybridized carbons (Fsp3) is 0.517. The Kier molecular flexibility index (Phi) is 11.6. The molecule has 2 bridgehead atoms. The third-order valence-electron chi connectivity index (χ3n) is 7.09. The standard InChI is InChI=1S/C29H42N2O8/c1-15-9-8-10-16(2)28(35)31-22-14-20(32)13-21(25(22)34)27(38-7)19(5)12-23(37-6)24(33)17(3)11-18(4)26(15)39-29(30)36/h8-11,13-15,17,19,23-24,26-27,32-34H,12H2,1-7H3,(H2,30,36)(H,31,35). The van der Waals surface area contributed by atoms with Crippen molar-refractivity contribution in [3.05, 3.63) is 53.1 Å². The molecule has 0 saturated carbocycles. The molecule has 0 aliphatic carbocycles. The van der Waals surface area contributed by atoms with Crippen LogP contribution >= 0.6 is 0 Å². The number of carbonyl (C=O) groups excluding carboxylic acids is 2. The van der Waals surface area contributed by atoms with Gasteiger partial charge in [-0.1, -0.05) is 45.1 Å². The van der Waals surface area contributed by atoms with E-state index in [1.54, 1.807) is 32.1 Å². The summed E-state index contributed by atoms with van der Waals surface area (Å²) in [6, 6.07) is 2.64. The van der Waals surface area contributed by atoms with E-state index in [0.717, 1.165) is 0 Å². The topological polar surface area (TPSA) is 161 Å². The number of ether oxygens (including phenoxy) is 3. The first kappa shape index (κ1) is 31.9. The largest absolute Gasteiger partial charge is 0.508 e. The van der Waals surface area contributed by atoms with Crippen LogP contribution in [-0.4, -0.2) is 59.9 Å². The number of amides is 2. The molecule has 216 valence electrons. The third-order valence-corrected chi connectivity index (χ3v) is 7.09. The van der Waals surface area contributed by atoms with Gasteiger partial charge in [-0.2, -0.15) is 0 Å².